The van der Waals surface area contributed by atoms with Gasteiger partial charge in [-0.1, -0.05) is 264 Å². The number of nitrogens with zero attached hydrogens (tertiary/aromatic N) is 1. The summed E-state index contributed by atoms with van der Waals surface area (Å²) in [5, 5.41) is 0. The number of hydrogen-bond donors (Lipinski definition) is 0. The van der Waals surface area contributed by atoms with Gasteiger partial charge in [0.25, 0.3) is 0 Å². The van der Waals surface area contributed by atoms with E-state index in [1.54, 1.807) is 0 Å². The van der Waals surface area contributed by atoms with Crippen molar-refractivity contribution in [3.63, 3.8) is 0 Å². The minimum atomic E-state index is 0.327. The number of rotatable bonds is 44. The Bertz CT molecular complexity index is 769. The van der Waals surface area contributed by atoms with Crippen molar-refractivity contribution in [2.45, 2.75) is 302 Å². The number of unbranched alkanes of at least 4 members (excludes halogenated alkanes) is 37. The fourth-order valence-electron chi connectivity index (χ4n) is 9.07. The SMILES string of the molecule is CCCCCCCCCCCCCCCCC(CCCCCCCCCCCCCC)(CCCCCCCCCCCCCCCC)[n+]1ccccc1. The zero-order valence-electron chi connectivity index (χ0n) is 37.2. The first kappa shape index (κ1) is 50.2. The van der Waals surface area contributed by atoms with Crippen LogP contribution in [0.15, 0.2) is 30.6 Å². The molecule has 0 saturated carbocycles. The maximum Gasteiger partial charge on any atom is 0.169 e. The lowest BCUT2D eigenvalue weighted by molar-refractivity contribution is -0.768. The van der Waals surface area contributed by atoms with Gasteiger partial charge in [0.05, 0.1) is 0 Å². The van der Waals surface area contributed by atoms with Crippen LogP contribution >= 0.6 is 0 Å². The normalized spacial score (nSPS) is 11.9. The van der Waals surface area contributed by atoms with Crippen molar-refractivity contribution >= 4 is 0 Å². The highest BCUT2D eigenvalue weighted by Crippen LogP contribution is 2.32. The minimum absolute atomic E-state index is 0.327. The highest BCUT2D eigenvalue weighted by atomic mass is 15.0. The summed E-state index contributed by atoms with van der Waals surface area (Å²) in [6.45, 7) is 6.96. The van der Waals surface area contributed by atoms with Crippen LogP contribution < -0.4 is 4.57 Å². The summed E-state index contributed by atoms with van der Waals surface area (Å²) in [6.07, 6.45) is 66.9. The summed E-state index contributed by atoms with van der Waals surface area (Å²) in [4.78, 5) is 0. The molecule has 0 atom stereocenters. The molecule has 53 heavy (non-hydrogen) atoms. The molecular weight excluding hydrogens is 639 g/mol. The third-order valence-electron chi connectivity index (χ3n) is 12.8. The van der Waals surface area contributed by atoms with Gasteiger partial charge < -0.3 is 0 Å². The van der Waals surface area contributed by atoms with Gasteiger partial charge in [-0.3, -0.25) is 0 Å². The van der Waals surface area contributed by atoms with Crippen LogP contribution in [-0.4, -0.2) is 0 Å². The van der Waals surface area contributed by atoms with Gasteiger partial charge >= 0.3 is 0 Å². The molecule has 0 aliphatic rings. The van der Waals surface area contributed by atoms with Crippen LogP contribution in [0.2, 0.25) is 0 Å². The van der Waals surface area contributed by atoms with Crippen LogP contribution in [0.5, 0.6) is 0 Å². The van der Waals surface area contributed by atoms with E-state index in [1.165, 1.54) is 276 Å². The second kappa shape index (κ2) is 40.8. The van der Waals surface area contributed by atoms with Gasteiger partial charge in [-0.05, 0) is 19.3 Å². The predicted molar refractivity (Wildman–Crippen MR) is 240 cm³/mol. The topological polar surface area (TPSA) is 3.88 Å². The van der Waals surface area contributed by atoms with E-state index in [1.807, 2.05) is 0 Å². The second-order valence-electron chi connectivity index (χ2n) is 17.8. The van der Waals surface area contributed by atoms with Crippen molar-refractivity contribution in [1.82, 2.24) is 0 Å². The maximum atomic E-state index is 2.69. The van der Waals surface area contributed by atoms with Gasteiger partial charge in [0, 0.05) is 31.4 Å². The zero-order chi connectivity index (χ0) is 38.0. The highest BCUT2D eigenvalue weighted by molar-refractivity contribution is 4.86. The Morgan fingerprint density at radius 1 is 0.245 bits per heavy atom. The third-order valence-corrected chi connectivity index (χ3v) is 12.8. The average molecular weight is 739 g/mol. The molecule has 0 aliphatic heterocycles. The monoisotopic (exact) mass is 739 g/mol. The van der Waals surface area contributed by atoms with E-state index in [2.05, 4.69) is 55.9 Å². The van der Waals surface area contributed by atoms with Crippen molar-refractivity contribution in [2.75, 3.05) is 0 Å². The quantitative estimate of drug-likeness (QED) is 0.0464. The summed E-state index contributed by atoms with van der Waals surface area (Å²) in [5.41, 5.74) is 0.327. The Balaban J connectivity index is 2.47. The van der Waals surface area contributed by atoms with Gasteiger partial charge in [0.15, 0.2) is 17.9 Å². The van der Waals surface area contributed by atoms with Crippen molar-refractivity contribution < 1.29 is 4.57 Å². The average Bonchev–Trinajstić information content (AvgIpc) is 3.18. The largest absolute Gasteiger partial charge is 0.200 e. The molecule has 0 radical (unpaired) electrons. The van der Waals surface area contributed by atoms with Crippen LogP contribution in [0.1, 0.15) is 297 Å². The van der Waals surface area contributed by atoms with E-state index in [9.17, 15) is 0 Å². The lowest BCUT2D eigenvalue weighted by Gasteiger charge is -2.29. The van der Waals surface area contributed by atoms with Gasteiger partial charge in [-0.2, -0.15) is 4.57 Å². The molecule has 1 heteroatoms. The molecule has 1 aromatic rings. The molecule has 1 rings (SSSR count). The molecule has 0 saturated heterocycles. The van der Waals surface area contributed by atoms with Gasteiger partial charge in [0.2, 0.25) is 0 Å². The van der Waals surface area contributed by atoms with E-state index in [-0.39, 0.29) is 0 Å². The van der Waals surface area contributed by atoms with Crippen LogP contribution in [0.25, 0.3) is 0 Å². The first-order chi connectivity index (χ1) is 26.3. The first-order valence-electron chi connectivity index (χ1n) is 25.3. The van der Waals surface area contributed by atoms with E-state index in [0.717, 1.165) is 0 Å². The molecule has 0 unspecified atom stereocenters. The minimum Gasteiger partial charge on any atom is -0.200 e. The predicted octanol–water partition coefficient (Wildman–Crippen LogP) is 18.5. The van der Waals surface area contributed by atoms with Crippen molar-refractivity contribution in [3.05, 3.63) is 30.6 Å². The van der Waals surface area contributed by atoms with Crippen molar-refractivity contribution in [1.29, 1.82) is 0 Å². The molecule has 0 aliphatic carbocycles. The molecule has 1 heterocycles. The van der Waals surface area contributed by atoms with Gasteiger partial charge in [-0.25, -0.2) is 0 Å². The maximum absolute atomic E-state index is 2.69. The summed E-state index contributed by atoms with van der Waals surface area (Å²) in [7, 11) is 0. The number of pyridine rings is 1. The zero-order valence-corrected chi connectivity index (χ0v) is 37.2. The molecule has 0 bridgehead atoms. The molecule has 0 aromatic carbocycles. The Labute approximate surface area is 336 Å². The van der Waals surface area contributed by atoms with Crippen LogP contribution in [-0.2, 0) is 5.54 Å². The third kappa shape index (κ3) is 32.0. The molecule has 1 aromatic heterocycles. The molecule has 0 amide bonds. The fourth-order valence-corrected chi connectivity index (χ4v) is 9.07. The van der Waals surface area contributed by atoms with Crippen molar-refractivity contribution in [2.24, 2.45) is 0 Å². The molecule has 0 spiro atoms. The highest BCUT2D eigenvalue weighted by Gasteiger charge is 2.37. The Morgan fingerprint density at radius 2 is 0.434 bits per heavy atom. The summed E-state index contributed by atoms with van der Waals surface area (Å²) < 4.78 is 2.69. The lowest BCUT2D eigenvalue weighted by atomic mass is 9.81. The van der Waals surface area contributed by atoms with Crippen LogP contribution in [0, 0.1) is 0 Å². The Morgan fingerprint density at radius 3 is 0.642 bits per heavy atom. The summed E-state index contributed by atoms with van der Waals surface area (Å²) >= 11 is 0. The van der Waals surface area contributed by atoms with Gasteiger partial charge in [-0.15, -0.1) is 0 Å². The fraction of sp³-hybridized carbons (Fsp3) is 0.904. The number of aromatic nitrogens is 1. The molecule has 0 N–H and O–H groups in total. The molecule has 312 valence electrons. The molecule has 1 nitrogen and oxygen atoms in total. The molecule has 0 fully saturated rings. The molecular formula is C52H100N+. The van der Waals surface area contributed by atoms with Crippen LogP contribution in [0.4, 0.5) is 0 Å². The summed E-state index contributed by atoms with van der Waals surface area (Å²) in [6, 6.07) is 6.82. The second-order valence-corrected chi connectivity index (χ2v) is 17.8. The van der Waals surface area contributed by atoms with E-state index >= 15 is 0 Å². The first-order valence-corrected chi connectivity index (χ1v) is 25.3. The van der Waals surface area contributed by atoms with E-state index in [0.29, 0.717) is 5.54 Å². The summed E-state index contributed by atoms with van der Waals surface area (Å²) in [5.74, 6) is 0. The Kier molecular flexibility index (Phi) is 38.6. The number of hydrogen-bond acceptors (Lipinski definition) is 0. The lowest BCUT2D eigenvalue weighted by Crippen LogP contribution is -2.55. The van der Waals surface area contributed by atoms with Crippen LogP contribution in [0.3, 0.4) is 0 Å². The van der Waals surface area contributed by atoms with Crippen molar-refractivity contribution in [3.8, 4) is 0 Å². The smallest absolute Gasteiger partial charge is 0.169 e. The Hall–Kier alpha value is -0.850. The van der Waals surface area contributed by atoms with Gasteiger partial charge in [0.1, 0.15) is 0 Å². The van der Waals surface area contributed by atoms with E-state index < -0.39 is 0 Å². The van der Waals surface area contributed by atoms with E-state index in [4.69, 9.17) is 0 Å². The standard InChI is InChI=1S/C52H100N/c1-4-7-10-13-16-19-22-25-27-30-33-36-39-43-48-52(53-50-45-41-46-51-53,47-42-38-35-32-29-24-21-18-15-12-9-6-3)49-44-40-37-34-31-28-26-23-20-17-14-11-8-5-2/h41,45-46,50-51H,4-40,42-44,47-49H2,1-3H3/q+1.